The molecule has 0 aliphatic carbocycles. The summed E-state index contributed by atoms with van der Waals surface area (Å²) in [6.07, 6.45) is 2.46. The van der Waals surface area contributed by atoms with Crippen LogP contribution in [0.2, 0.25) is 5.02 Å². The minimum absolute atomic E-state index is 0.0721. The predicted octanol–water partition coefficient (Wildman–Crippen LogP) is 4.01. The fourth-order valence-corrected chi connectivity index (χ4v) is 3.02. The third-order valence-corrected chi connectivity index (χ3v) is 4.27. The van der Waals surface area contributed by atoms with E-state index in [9.17, 15) is 9.18 Å². The Balaban J connectivity index is 2.26. The normalized spacial score (nSPS) is 11.1. The second-order valence-corrected chi connectivity index (χ2v) is 6.00. The third kappa shape index (κ3) is 3.04. The number of halogens is 2. The van der Waals surface area contributed by atoms with Crippen molar-refractivity contribution in [2.45, 2.75) is 20.6 Å². The first-order valence-corrected chi connectivity index (χ1v) is 8.32. The van der Waals surface area contributed by atoms with Crippen molar-refractivity contribution in [3.63, 3.8) is 0 Å². The van der Waals surface area contributed by atoms with E-state index in [1.165, 1.54) is 19.2 Å². The van der Waals surface area contributed by atoms with Gasteiger partial charge in [-0.3, -0.25) is 4.79 Å². The molecule has 0 spiro atoms. The molecule has 0 aliphatic heterocycles. The number of rotatable bonds is 6. The molecule has 0 atom stereocenters. The largest absolute Gasteiger partial charge is 0.492 e. The number of methoxy groups -OCH3 is 1. The predicted molar refractivity (Wildman–Crippen MR) is 96.2 cm³/mol. The van der Waals surface area contributed by atoms with Crippen LogP contribution in [0.3, 0.4) is 0 Å². The second-order valence-electron chi connectivity index (χ2n) is 5.59. The van der Waals surface area contributed by atoms with Gasteiger partial charge in [0, 0.05) is 12.8 Å². The average Bonchev–Trinajstić information content (AvgIpc) is 2.95. The Bertz CT molecular complexity index is 988. The number of aromatic nitrogens is 3. The van der Waals surface area contributed by atoms with Crippen molar-refractivity contribution in [1.82, 2.24) is 14.5 Å². The lowest BCUT2D eigenvalue weighted by molar-refractivity contribution is 0.0904. The van der Waals surface area contributed by atoms with Crippen LogP contribution in [0.1, 0.15) is 23.0 Å². The van der Waals surface area contributed by atoms with E-state index in [1.807, 2.05) is 20.0 Å². The van der Waals surface area contributed by atoms with Crippen LogP contribution < -0.4 is 4.74 Å². The van der Waals surface area contributed by atoms with E-state index < -0.39 is 5.82 Å². The molecule has 0 fully saturated rings. The molecule has 0 saturated heterocycles. The van der Waals surface area contributed by atoms with Crippen molar-refractivity contribution in [3.05, 3.63) is 40.4 Å². The van der Waals surface area contributed by atoms with Crippen molar-refractivity contribution in [2.24, 2.45) is 0 Å². The molecule has 0 N–H and O–H groups in total. The lowest BCUT2D eigenvalue weighted by Gasteiger charge is -2.10. The van der Waals surface area contributed by atoms with Gasteiger partial charge in [-0.25, -0.2) is 14.4 Å². The Labute approximate surface area is 154 Å². The lowest BCUT2D eigenvalue weighted by Crippen LogP contribution is -2.05. The van der Waals surface area contributed by atoms with Crippen LogP contribution >= 0.6 is 11.6 Å². The fourth-order valence-electron chi connectivity index (χ4n) is 2.80. The van der Waals surface area contributed by atoms with Crippen LogP contribution in [0.25, 0.3) is 22.4 Å². The molecule has 6 nitrogen and oxygen atoms in total. The highest BCUT2D eigenvalue weighted by atomic mass is 35.5. The zero-order chi connectivity index (χ0) is 18.8. The summed E-state index contributed by atoms with van der Waals surface area (Å²) in [5, 5.41) is 0.755. The van der Waals surface area contributed by atoms with E-state index in [-0.39, 0.29) is 34.6 Å². The van der Waals surface area contributed by atoms with Crippen LogP contribution in [-0.2, 0) is 11.5 Å². The maximum atomic E-state index is 14.8. The first-order valence-electron chi connectivity index (χ1n) is 7.94. The number of carbonyl (C=O) groups excluding carboxylic acids is 1. The molecule has 1 aromatic carbocycles. The first-order chi connectivity index (χ1) is 12.5. The maximum absolute atomic E-state index is 14.8. The Morgan fingerprint density at radius 3 is 2.77 bits per heavy atom. The average molecular weight is 378 g/mol. The molecule has 3 aromatic rings. The molecule has 26 heavy (non-hydrogen) atoms. The summed E-state index contributed by atoms with van der Waals surface area (Å²) in [5.41, 5.74) is 1.61. The van der Waals surface area contributed by atoms with Crippen molar-refractivity contribution < 1.29 is 18.7 Å². The summed E-state index contributed by atoms with van der Waals surface area (Å²) in [5.74, 6) is -0.708. The van der Waals surface area contributed by atoms with Crippen LogP contribution in [0.4, 0.5) is 4.39 Å². The molecule has 2 aromatic heterocycles. The van der Waals surface area contributed by atoms with Gasteiger partial charge in [-0.1, -0.05) is 11.6 Å². The van der Waals surface area contributed by atoms with Gasteiger partial charge in [0.15, 0.2) is 23.7 Å². The fraction of sp³-hybridized carbons (Fsp3) is 0.278. The molecular weight excluding hydrogens is 361 g/mol. The van der Waals surface area contributed by atoms with E-state index in [1.54, 1.807) is 4.57 Å². The van der Waals surface area contributed by atoms with Crippen molar-refractivity contribution in [3.8, 4) is 17.1 Å². The molecule has 2 heterocycles. The highest BCUT2D eigenvalue weighted by Gasteiger charge is 2.20. The summed E-state index contributed by atoms with van der Waals surface area (Å²) in [7, 11) is 1.32. The highest BCUT2D eigenvalue weighted by molar-refractivity contribution is 6.32. The summed E-state index contributed by atoms with van der Waals surface area (Å²) < 4.78 is 27.0. The monoisotopic (exact) mass is 377 g/mol. The number of aldehydes is 1. The van der Waals surface area contributed by atoms with E-state index in [2.05, 4.69) is 9.97 Å². The molecule has 0 aliphatic rings. The SMILES string of the molecule is CCOCn1cc(C)c2c(C=O)nc(-c3ccc(Cl)c(OC)c3F)nc21. The van der Waals surface area contributed by atoms with Gasteiger partial charge in [0.1, 0.15) is 18.1 Å². The van der Waals surface area contributed by atoms with Crippen molar-refractivity contribution >= 4 is 28.9 Å². The van der Waals surface area contributed by atoms with E-state index in [4.69, 9.17) is 21.1 Å². The zero-order valence-corrected chi connectivity index (χ0v) is 15.3. The maximum Gasteiger partial charge on any atom is 0.177 e. The van der Waals surface area contributed by atoms with Gasteiger partial charge in [0.25, 0.3) is 0 Å². The molecule has 0 radical (unpaired) electrons. The summed E-state index contributed by atoms with van der Waals surface area (Å²) in [6, 6.07) is 2.95. The summed E-state index contributed by atoms with van der Waals surface area (Å²) in [6.45, 7) is 4.53. The zero-order valence-electron chi connectivity index (χ0n) is 14.5. The van der Waals surface area contributed by atoms with Gasteiger partial charge in [-0.2, -0.15) is 0 Å². The summed E-state index contributed by atoms with van der Waals surface area (Å²) in [4.78, 5) is 20.3. The number of hydrogen-bond donors (Lipinski definition) is 0. The van der Waals surface area contributed by atoms with E-state index in [0.717, 1.165) is 5.56 Å². The Hall–Kier alpha value is -2.51. The van der Waals surface area contributed by atoms with Crippen LogP contribution in [0.15, 0.2) is 18.3 Å². The molecule has 0 amide bonds. The quantitative estimate of drug-likeness (QED) is 0.607. The molecule has 0 saturated carbocycles. The van der Waals surface area contributed by atoms with Gasteiger partial charge in [-0.05, 0) is 31.5 Å². The Kier molecular flexibility index (Phi) is 5.20. The molecule has 0 unspecified atom stereocenters. The van der Waals surface area contributed by atoms with Crippen molar-refractivity contribution in [1.29, 1.82) is 0 Å². The van der Waals surface area contributed by atoms with Gasteiger partial charge >= 0.3 is 0 Å². The molecule has 136 valence electrons. The number of hydrogen-bond acceptors (Lipinski definition) is 5. The minimum Gasteiger partial charge on any atom is -0.492 e. The number of benzene rings is 1. The standard InChI is InChI=1S/C18H17ClFN3O3/c1-4-26-9-23-7-10(2)14-13(8-24)21-17(22-18(14)23)11-5-6-12(19)16(25-3)15(11)20/h5-8H,4,9H2,1-3H3. The third-order valence-electron chi connectivity index (χ3n) is 3.97. The second kappa shape index (κ2) is 7.39. The Morgan fingerprint density at radius 1 is 1.35 bits per heavy atom. The van der Waals surface area contributed by atoms with Crippen LogP contribution in [0.5, 0.6) is 5.75 Å². The number of ether oxygens (including phenoxy) is 2. The number of carbonyl (C=O) groups is 1. The minimum atomic E-state index is -0.684. The molecular formula is C18H17ClFN3O3. The lowest BCUT2D eigenvalue weighted by atomic mass is 10.1. The number of aryl methyl sites for hydroxylation is 1. The van der Waals surface area contributed by atoms with Gasteiger partial charge < -0.3 is 14.0 Å². The van der Waals surface area contributed by atoms with Gasteiger partial charge in [0.2, 0.25) is 0 Å². The van der Waals surface area contributed by atoms with E-state index in [0.29, 0.717) is 23.9 Å². The first kappa shape index (κ1) is 18.3. The number of nitrogens with zero attached hydrogens (tertiary/aromatic N) is 3. The summed E-state index contributed by atoms with van der Waals surface area (Å²) >= 11 is 5.95. The van der Waals surface area contributed by atoms with Crippen LogP contribution in [-0.4, -0.2) is 34.5 Å². The van der Waals surface area contributed by atoms with Crippen LogP contribution in [0, 0.1) is 12.7 Å². The molecule has 0 bridgehead atoms. The number of fused-ring (bicyclic) bond motifs is 1. The highest BCUT2D eigenvalue weighted by Crippen LogP contribution is 2.34. The van der Waals surface area contributed by atoms with Gasteiger partial charge in [0.05, 0.1) is 23.1 Å². The van der Waals surface area contributed by atoms with E-state index >= 15 is 0 Å². The topological polar surface area (TPSA) is 66.2 Å². The van der Waals surface area contributed by atoms with Crippen molar-refractivity contribution in [2.75, 3.05) is 13.7 Å². The smallest absolute Gasteiger partial charge is 0.177 e. The van der Waals surface area contributed by atoms with Gasteiger partial charge in [-0.15, -0.1) is 0 Å². The molecule has 8 heteroatoms. The Morgan fingerprint density at radius 2 is 2.12 bits per heavy atom. The molecule has 3 rings (SSSR count).